The Morgan fingerprint density at radius 1 is 1.20 bits per heavy atom. The third-order valence-electron chi connectivity index (χ3n) is 3.46. The second-order valence-corrected chi connectivity index (χ2v) is 6.22. The van der Waals surface area contributed by atoms with Crippen molar-refractivity contribution in [1.29, 1.82) is 0 Å². The van der Waals surface area contributed by atoms with E-state index >= 15 is 0 Å². The molecule has 5 nitrogen and oxygen atoms in total. The molecule has 0 radical (unpaired) electrons. The van der Waals surface area contributed by atoms with Crippen molar-refractivity contribution in [2.75, 3.05) is 10.6 Å². The first-order valence-corrected chi connectivity index (χ1v) is 8.76. The van der Waals surface area contributed by atoms with E-state index in [2.05, 4.69) is 27.2 Å². The lowest BCUT2D eigenvalue weighted by atomic mass is 10.1. The van der Waals surface area contributed by atoms with Crippen molar-refractivity contribution in [2.45, 2.75) is 12.8 Å². The van der Waals surface area contributed by atoms with Gasteiger partial charge in [0.1, 0.15) is 0 Å². The number of carbonyl (C=O) groups is 1. The lowest BCUT2D eigenvalue weighted by Crippen LogP contribution is -2.10. The summed E-state index contributed by atoms with van der Waals surface area (Å²) < 4.78 is 0. The number of aromatic nitrogens is 2. The van der Waals surface area contributed by atoms with Crippen molar-refractivity contribution in [1.82, 2.24) is 9.97 Å². The molecular weight excluding hydrogens is 332 g/mol. The summed E-state index contributed by atoms with van der Waals surface area (Å²) in [5.74, 6) is -0.00994. The van der Waals surface area contributed by atoms with E-state index in [9.17, 15) is 4.79 Å². The van der Waals surface area contributed by atoms with E-state index in [0.29, 0.717) is 12.8 Å². The summed E-state index contributed by atoms with van der Waals surface area (Å²) in [7, 11) is 0. The van der Waals surface area contributed by atoms with Crippen LogP contribution in [-0.2, 0) is 4.79 Å². The number of benzene rings is 1. The maximum Gasteiger partial charge on any atom is 0.224 e. The van der Waals surface area contributed by atoms with Crippen LogP contribution in [0.3, 0.4) is 0 Å². The molecule has 0 aliphatic carbocycles. The van der Waals surface area contributed by atoms with Crippen molar-refractivity contribution in [3.8, 4) is 11.3 Å². The number of allylic oxidation sites excluding steroid dienone is 1. The van der Waals surface area contributed by atoms with Crippen LogP contribution in [0.5, 0.6) is 0 Å². The van der Waals surface area contributed by atoms with Gasteiger partial charge in [0.05, 0.1) is 17.6 Å². The van der Waals surface area contributed by atoms with Gasteiger partial charge in [-0.1, -0.05) is 18.2 Å². The van der Waals surface area contributed by atoms with Crippen LogP contribution >= 0.6 is 11.3 Å². The number of thiazole rings is 1. The standard InChI is InChI=1S/C19H18N4OS/c1-2-3-6-18(24)21-15-9-7-14(8-10-15)17-13-25-19(23-17)22-16-5-4-11-20-12-16/h2,4-5,7-13H,1,3,6H2,(H,21,24)(H,22,23). The molecule has 3 aromatic rings. The minimum absolute atomic E-state index is 0.00994. The number of carbonyl (C=O) groups excluding carboxylic acids is 1. The Kier molecular flexibility index (Phi) is 5.53. The van der Waals surface area contributed by atoms with Gasteiger partial charge in [-0.25, -0.2) is 4.98 Å². The van der Waals surface area contributed by atoms with E-state index in [-0.39, 0.29) is 5.91 Å². The zero-order valence-electron chi connectivity index (χ0n) is 13.6. The van der Waals surface area contributed by atoms with Crippen LogP contribution in [0.25, 0.3) is 11.3 Å². The van der Waals surface area contributed by atoms with Gasteiger partial charge in [-0.05, 0) is 30.7 Å². The third kappa shape index (κ3) is 4.74. The number of nitrogens with one attached hydrogen (secondary N) is 2. The van der Waals surface area contributed by atoms with Crippen molar-refractivity contribution >= 4 is 33.8 Å². The van der Waals surface area contributed by atoms with Gasteiger partial charge in [-0.15, -0.1) is 17.9 Å². The van der Waals surface area contributed by atoms with Gasteiger partial charge in [0, 0.05) is 29.2 Å². The van der Waals surface area contributed by atoms with Crippen molar-refractivity contribution in [2.24, 2.45) is 0 Å². The summed E-state index contributed by atoms with van der Waals surface area (Å²) >= 11 is 1.53. The number of nitrogens with zero attached hydrogens (tertiary/aromatic N) is 2. The summed E-state index contributed by atoms with van der Waals surface area (Å²) in [6.45, 7) is 3.62. The van der Waals surface area contributed by atoms with E-state index in [1.165, 1.54) is 11.3 Å². The molecule has 3 rings (SSSR count). The lowest BCUT2D eigenvalue weighted by molar-refractivity contribution is -0.116. The number of rotatable bonds is 7. The average Bonchev–Trinajstić information content (AvgIpc) is 3.10. The monoisotopic (exact) mass is 350 g/mol. The molecule has 2 heterocycles. The van der Waals surface area contributed by atoms with E-state index in [1.807, 2.05) is 41.8 Å². The highest BCUT2D eigenvalue weighted by Crippen LogP contribution is 2.27. The van der Waals surface area contributed by atoms with Crippen molar-refractivity contribution < 1.29 is 4.79 Å². The molecule has 0 aliphatic rings. The SMILES string of the molecule is C=CCCC(=O)Nc1ccc(-c2csc(Nc3cccnc3)n2)cc1. The quantitative estimate of drug-likeness (QED) is 0.598. The molecule has 1 amide bonds. The zero-order chi connectivity index (χ0) is 17.5. The first kappa shape index (κ1) is 16.9. The molecule has 0 atom stereocenters. The predicted octanol–water partition coefficient (Wildman–Crippen LogP) is 4.85. The summed E-state index contributed by atoms with van der Waals surface area (Å²) in [6, 6.07) is 11.5. The molecule has 0 saturated heterocycles. The number of anilines is 3. The maximum atomic E-state index is 11.7. The Hall–Kier alpha value is -2.99. The largest absolute Gasteiger partial charge is 0.330 e. The zero-order valence-corrected chi connectivity index (χ0v) is 14.4. The van der Waals surface area contributed by atoms with E-state index < -0.39 is 0 Å². The van der Waals surface area contributed by atoms with Crippen molar-refractivity contribution in [3.63, 3.8) is 0 Å². The van der Waals surface area contributed by atoms with E-state index in [1.54, 1.807) is 18.5 Å². The molecule has 0 unspecified atom stereocenters. The summed E-state index contributed by atoms with van der Waals surface area (Å²) in [5.41, 5.74) is 3.57. The van der Waals surface area contributed by atoms with Gasteiger partial charge in [0.2, 0.25) is 5.91 Å². The molecule has 0 saturated carbocycles. The number of amides is 1. The third-order valence-corrected chi connectivity index (χ3v) is 4.21. The Morgan fingerprint density at radius 2 is 2.04 bits per heavy atom. The Balaban J connectivity index is 1.64. The van der Waals surface area contributed by atoms with Gasteiger partial charge in [-0.2, -0.15) is 0 Å². The van der Waals surface area contributed by atoms with E-state index in [0.717, 1.165) is 27.8 Å². The summed E-state index contributed by atoms with van der Waals surface area (Å²) in [6.07, 6.45) is 6.35. The summed E-state index contributed by atoms with van der Waals surface area (Å²) in [4.78, 5) is 20.4. The molecule has 25 heavy (non-hydrogen) atoms. The molecule has 0 bridgehead atoms. The van der Waals surface area contributed by atoms with Crippen LogP contribution in [0.2, 0.25) is 0 Å². The van der Waals surface area contributed by atoms with Crippen LogP contribution < -0.4 is 10.6 Å². The minimum Gasteiger partial charge on any atom is -0.330 e. The van der Waals surface area contributed by atoms with E-state index in [4.69, 9.17) is 0 Å². The van der Waals surface area contributed by atoms with Crippen molar-refractivity contribution in [3.05, 3.63) is 66.8 Å². The fraction of sp³-hybridized carbons (Fsp3) is 0.105. The van der Waals surface area contributed by atoms with Crippen LogP contribution in [0, 0.1) is 0 Å². The lowest BCUT2D eigenvalue weighted by Gasteiger charge is -2.05. The van der Waals surface area contributed by atoms with Gasteiger partial charge >= 0.3 is 0 Å². The fourth-order valence-electron chi connectivity index (χ4n) is 2.20. The highest BCUT2D eigenvalue weighted by Gasteiger charge is 2.06. The normalized spacial score (nSPS) is 10.2. The molecule has 1 aromatic carbocycles. The van der Waals surface area contributed by atoms with Gasteiger partial charge < -0.3 is 10.6 Å². The highest BCUT2D eigenvalue weighted by molar-refractivity contribution is 7.14. The second kappa shape index (κ2) is 8.21. The molecule has 2 N–H and O–H groups in total. The molecule has 0 fully saturated rings. The van der Waals surface area contributed by atoms with Crippen LogP contribution in [0.4, 0.5) is 16.5 Å². The second-order valence-electron chi connectivity index (χ2n) is 5.36. The Bertz CT molecular complexity index is 843. The molecular formula is C19H18N4OS. The number of pyridine rings is 1. The van der Waals surface area contributed by atoms with Gasteiger partial charge in [0.15, 0.2) is 5.13 Å². The molecule has 0 spiro atoms. The highest BCUT2D eigenvalue weighted by atomic mass is 32.1. The fourth-order valence-corrected chi connectivity index (χ4v) is 2.94. The smallest absolute Gasteiger partial charge is 0.224 e. The Morgan fingerprint density at radius 3 is 2.76 bits per heavy atom. The molecule has 6 heteroatoms. The minimum atomic E-state index is -0.00994. The first-order valence-electron chi connectivity index (χ1n) is 7.88. The predicted molar refractivity (Wildman–Crippen MR) is 103 cm³/mol. The topological polar surface area (TPSA) is 66.9 Å². The molecule has 2 aromatic heterocycles. The number of hydrogen-bond donors (Lipinski definition) is 2. The number of hydrogen-bond acceptors (Lipinski definition) is 5. The molecule has 126 valence electrons. The van der Waals surface area contributed by atoms with Gasteiger partial charge in [-0.3, -0.25) is 9.78 Å². The first-order chi connectivity index (χ1) is 12.2. The maximum absolute atomic E-state index is 11.7. The average molecular weight is 350 g/mol. The van der Waals surface area contributed by atoms with Gasteiger partial charge in [0.25, 0.3) is 0 Å². The van der Waals surface area contributed by atoms with Crippen LogP contribution in [0.1, 0.15) is 12.8 Å². The molecule has 0 aliphatic heterocycles. The Labute approximate surface area is 150 Å². The van der Waals surface area contributed by atoms with Crippen LogP contribution in [-0.4, -0.2) is 15.9 Å². The van der Waals surface area contributed by atoms with Crippen LogP contribution in [0.15, 0.2) is 66.8 Å². The summed E-state index contributed by atoms with van der Waals surface area (Å²) in [5, 5.41) is 8.91.